The van der Waals surface area contributed by atoms with Crippen molar-refractivity contribution in [1.82, 2.24) is 4.90 Å². The number of nitrogens with zero attached hydrogens (tertiary/aromatic N) is 1. The molecule has 6 nitrogen and oxygen atoms in total. The third-order valence-electron chi connectivity index (χ3n) is 8.21. The number of likely N-dealkylation sites (tertiary alicyclic amines) is 1. The summed E-state index contributed by atoms with van der Waals surface area (Å²) in [6, 6.07) is 23.4. The molecule has 0 spiro atoms. The van der Waals surface area contributed by atoms with E-state index in [1.165, 1.54) is 0 Å². The largest absolute Gasteiger partial charge is 0.454 e. The molecule has 3 aliphatic carbocycles. The highest BCUT2D eigenvalue weighted by molar-refractivity contribution is 6.36. The Morgan fingerprint density at radius 1 is 0.795 bits per heavy atom. The van der Waals surface area contributed by atoms with Gasteiger partial charge in [0.05, 0.1) is 18.3 Å². The molecular formula is C31H25Cl2NO5. The van der Waals surface area contributed by atoms with E-state index in [9.17, 15) is 19.2 Å². The Morgan fingerprint density at radius 3 is 1.67 bits per heavy atom. The molecule has 2 bridgehead atoms. The van der Waals surface area contributed by atoms with Crippen molar-refractivity contribution in [3.05, 3.63) is 107 Å². The third-order valence-corrected chi connectivity index (χ3v) is 9.50. The molecule has 3 atom stereocenters. The summed E-state index contributed by atoms with van der Waals surface area (Å²) in [6.07, 6.45) is -0.907. The van der Waals surface area contributed by atoms with Crippen molar-refractivity contribution in [2.45, 2.75) is 35.6 Å². The predicted molar refractivity (Wildman–Crippen MR) is 145 cm³/mol. The minimum Gasteiger partial charge on any atom is -0.454 e. The number of carbonyl (C=O) groups is 4. The maximum atomic E-state index is 13.8. The quantitative estimate of drug-likeness (QED) is 0.172. The van der Waals surface area contributed by atoms with Gasteiger partial charge in [0.25, 0.3) is 0 Å². The molecule has 0 saturated carbocycles. The molecule has 0 aromatic heterocycles. The molecule has 0 radical (unpaired) electrons. The lowest BCUT2D eigenvalue weighted by Gasteiger charge is -2.54. The molecular weight excluding hydrogens is 537 g/mol. The fourth-order valence-electron chi connectivity index (χ4n) is 6.48. The summed E-state index contributed by atoms with van der Waals surface area (Å²) in [7, 11) is 0. The second kappa shape index (κ2) is 9.32. The number of ketones is 1. The number of halogens is 2. The van der Waals surface area contributed by atoms with E-state index in [0.717, 1.165) is 4.90 Å². The Hall–Kier alpha value is -3.48. The van der Waals surface area contributed by atoms with Crippen molar-refractivity contribution >= 4 is 46.8 Å². The number of carbonyl (C=O) groups excluding carboxylic acids is 4. The summed E-state index contributed by atoms with van der Waals surface area (Å²) in [5.41, 5.74) is 3.31. The number of Topliss-reactive ketones (excluding diaryl/α,β-unsaturated/α-hetero) is 1. The fourth-order valence-corrected chi connectivity index (χ4v) is 7.57. The molecule has 1 aliphatic heterocycles. The van der Waals surface area contributed by atoms with Crippen molar-refractivity contribution < 1.29 is 23.9 Å². The zero-order chi connectivity index (χ0) is 27.5. The smallest absolute Gasteiger partial charge is 0.308 e. The van der Waals surface area contributed by atoms with Crippen molar-refractivity contribution in [3.63, 3.8) is 0 Å². The number of hydrogen-bond acceptors (Lipinski definition) is 5. The second-order valence-electron chi connectivity index (χ2n) is 10.2. The highest BCUT2D eigenvalue weighted by Crippen LogP contribution is 2.69. The van der Waals surface area contributed by atoms with E-state index in [4.69, 9.17) is 27.9 Å². The Kier molecular flexibility index (Phi) is 6.16. The van der Waals surface area contributed by atoms with Crippen LogP contribution in [0.15, 0.2) is 78.9 Å². The van der Waals surface area contributed by atoms with Gasteiger partial charge in [-0.05, 0) is 28.7 Å². The summed E-state index contributed by atoms with van der Waals surface area (Å²) in [4.78, 5) is 51.8. The fraction of sp³-hybridized carbons (Fsp3) is 0.290. The maximum absolute atomic E-state index is 13.8. The van der Waals surface area contributed by atoms with E-state index < -0.39 is 45.5 Å². The number of ether oxygens (including phenoxy) is 1. The summed E-state index contributed by atoms with van der Waals surface area (Å²) >= 11 is 14.8. The molecule has 0 N–H and O–H groups in total. The second-order valence-corrected chi connectivity index (χ2v) is 11.4. The van der Waals surface area contributed by atoms with Gasteiger partial charge in [0, 0.05) is 12.1 Å². The van der Waals surface area contributed by atoms with Crippen LogP contribution in [0.3, 0.4) is 0 Å². The number of rotatable bonds is 7. The maximum Gasteiger partial charge on any atom is 0.308 e. The van der Waals surface area contributed by atoms with E-state index in [-0.39, 0.29) is 18.7 Å². The number of esters is 1. The van der Waals surface area contributed by atoms with Crippen molar-refractivity contribution in [2.24, 2.45) is 11.8 Å². The summed E-state index contributed by atoms with van der Waals surface area (Å²) < 4.78 is 5.47. The van der Waals surface area contributed by atoms with Gasteiger partial charge in [-0.1, -0.05) is 85.8 Å². The highest BCUT2D eigenvalue weighted by atomic mass is 35.5. The summed E-state index contributed by atoms with van der Waals surface area (Å²) in [5.74, 6) is -3.74. The molecule has 8 heteroatoms. The van der Waals surface area contributed by atoms with Crippen LogP contribution in [0.25, 0.3) is 0 Å². The van der Waals surface area contributed by atoms with Crippen LogP contribution in [-0.2, 0) is 28.9 Å². The molecule has 7 rings (SSSR count). The SMILES string of the molecule is CC[C@H](OC(=O)CCN1C(=O)[C@H]2[C@H](C1=O)C1(Cl)c3ccccc3C2(Cl)c2ccccc21)C(=O)c1ccccc1. The lowest BCUT2D eigenvalue weighted by molar-refractivity contribution is -0.148. The average Bonchev–Trinajstić information content (AvgIpc) is 3.23. The van der Waals surface area contributed by atoms with Crippen LogP contribution in [0.2, 0.25) is 0 Å². The van der Waals surface area contributed by atoms with Crippen LogP contribution in [0.5, 0.6) is 0 Å². The van der Waals surface area contributed by atoms with Crippen LogP contribution >= 0.6 is 23.2 Å². The minimum absolute atomic E-state index is 0.188. The van der Waals surface area contributed by atoms with Gasteiger partial charge >= 0.3 is 5.97 Å². The van der Waals surface area contributed by atoms with E-state index >= 15 is 0 Å². The predicted octanol–water partition coefficient (Wildman–Crippen LogP) is 5.17. The van der Waals surface area contributed by atoms with Crippen LogP contribution in [0, 0.1) is 11.8 Å². The Balaban J connectivity index is 1.26. The van der Waals surface area contributed by atoms with E-state index in [1.54, 1.807) is 37.3 Å². The normalized spacial score (nSPS) is 27.0. The molecule has 1 heterocycles. The highest BCUT2D eigenvalue weighted by Gasteiger charge is 2.72. The van der Waals surface area contributed by atoms with Crippen LogP contribution in [0.1, 0.15) is 52.4 Å². The van der Waals surface area contributed by atoms with Gasteiger partial charge in [-0.2, -0.15) is 0 Å². The zero-order valence-electron chi connectivity index (χ0n) is 21.1. The molecule has 39 heavy (non-hydrogen) atoms. The van der Waals surface area contributed by atoms with Gasteiger partial charge in [0.15, 0.2) is 6.10 Å². The first-order valence-electron chi connectivity index (χ1n) is 13.0. The third kappa shape index (κ3) is 3.54. The van der Waals surface area contributed by atoms with E-state index in [1.807, 2.05) is 48.5 Å². The molecule has 4 aliphatic rings. The Bertz CT molecular complexity index is 1400. The lowest BCUT2D eigenvalue weighted by Crippen LogP contribution is -2.57. The van der Waals surface area contributed by atoms with Crippen LogP contribution in [0.4, 0.5) is 0 Å². The van der Waals surface area contributed by atoms with E-state index in [2.05, 4.69) is 0 Å². The topological polar surface area (TPSA) is 80.8 Å². The van der Waals surface area contributed by atoms with Gasteiger partial charge in [-0.15, -0.1) is 23.2 Å². The molecule has 0 unspecified atom stereocenters. The standard InChI is InChI=1S/C31H25Cl2NO5/c1-2-23(27(36)18-10-4-3-5-11-18)39-24(35)16-17-34-28(37)25-26(29(34)38)31(33)20-13-7-6-12-19(20)30(25,32)21-14-8-9-15-22(21)31/h3-15,23,25-26H,2,16-17H2,1H3/t23-,25+,26+,30?,31?/m0/s1. The van der Waals surface area contributed by atoms with Gasteiger partial charge in [-0.25, -0.2) is 0 Å². The first kappa shape index (κ1) is 25.8. The van der Waals surface area contributed by atoms with Crippen LogP contribution < -0.4 is 0 Å². The van der Waals surface area contributed by atoms with Crippen molar-refractivity contribution in [3.8, 4) is 0 Å². The van der Waals surface area contributed by atoms with Crippen LogP contribution in [-0.4, -0.2) is 41.1 Å². The number of hydrogen-bond donors (Lipinski definition) is 0. The first-order chi connectivity index (χ1) is 18.7. The lowest BCUT2D eigenvalue weighted by atomic mass is 9.54. The first-order valence-corrected chi connectivity index (χ1v) is 13.7. The minimum atomic E-state index is -1.27. The number of benzene rings is 3. The number of amides is 2. The number of imide groups is 1. The molecule has 2 amide bonds. The van der Waals surface area contributed by atoms with Gasteiger partial charge in [-0.3, -0.25) is 24.1 Å². The average molecular weight is 562 g/mol. The zero-order valence-corrected chi connectivity index (χ0v) is 22.6. The van der Waals surface area contributed by atoms with Crippen molar-refractivity contribution in [2.75, 3.05) is 6.54 Å². The summed E-state index contributed by atoms with van der Waals surface area (Å²) in [6.45, 7) is 1.56. The Labute approximate surface area is 235 Å². The van der Waals surface area contributed by atoms with Gasteiger partial charge < -0.3 is 4.74 Å². The molecule has 3 aromatic carbocycles. The van der Waals surface area contributed by atoms with Crippen molar-refractivity contribution in [1.29, 1.82) is 0 Å². The molecule has 1 fully saturated rings. The van der Waals surface area contributed by atoms with Gasteiger partial charge in [0.2, 0.25) is 17.6 Å². The summed E-state index contributed by atoms with van der Waals surface area (Å²) in [5, 5.41) is 0. The van der Waals surface area contributed by atoms with E-state index in [0.29, 0.717) is 34.2 Å². The molecule has 3 aromatic rings. The Morgan fingerprint density at radius 2 is 1.23 bits per heavy atom. The number of alkyl halides is 2. The molecule has 1 saturated heterocycles. The monoisotopic (exact) mass is 561 g/mol. The molecule has 198 valence electrons. The van der Waals surface area contributed by atoms with Gasteiger partial charge in [0.1, 0.15) is 9.75 Å².